The number of esters is 1. The van der Waals surface area contributed by atoms with E-state index in [0.717, 1.165) is 36.5 Å². The minimum atomic E-state index is -0.695. The van der Waals surface area contributed by atoms with E-state index in [9.17, 15) is 4.79 Å². The minimum absolute atomic E-state index is 0.189. The lowest BCUT2D eigenvalue weighted by molar-refractivity contribution is -0.151. The number of aromatic nitrogens is 1. The van der Waals surface area contributed by atoms with Gasteiger partial charge in [-0.2, -0.15) is 0 Å². The fourth-order valence-electron chi connectivity index (χ4n) is 3.94. The van der Waals surface area contributed by atoms with Gasteiger partial charge in [-0.25, -0.2) is 4.98 Å². The Balaban J connectivity index is 1.49. The highest BCUT2D eigenvalue weighted by atomic mass is 32.1. The van der Waals surface area contributed by atoms with E-state index in [4.69, 9.17) is 9.72 Å². The summed E-state index contributed by atoms with van der Waals surface area (Å²) in [4.78, 5) is 19.8. The molecule has 0 unspecified atom stereocenters. The highest BCUT2D eigenvalue weighted by molar-refractivity contribution is 7.18. The Morgan fingerprint density at radius 1 is 1.21 bits per heavy atom. The maximum Gasteiger partial charge on any atom is 0.327 e. The molecule has 0 bridgehead atoms. The van der Waals surface area contributed by atoms with Crippen molar-refractivity contribution in [1.82, 2.24) is 15.2 Å². The van der Waals surface area contributed by atoms with Gasteiger partial charge in [0.1, 0.15) is 10.5 Å². The van der Waals surface area contributed by atoms with Crippen LogP contribution >= 0.6 is 11.3 Å². The van der Waals surface area contributed by atoms with Crippen LogP contribution in [0.1, 0.15) is 23.4 Å². The molecule has 3 aromatic rings. The SMILES string of the molecule is COC(=O)[C@@]1(NCc2nc3ccccc3s2)CCCN(Cc2ccccc2)C1. The van der Waals surface area contributed by atoms with Gasteiger partial charge in [0.25, 0.3) is 0 Å². The molecule has 28 heavy (non-hydrogen) atoms. The number of benzene rings is 2. The predicted octanol–water partition coefficient (Wildman–Crippen LogP) is 3.59. The number of piperidine rings is 1. The number of thiazole rings is 1. The maximum atomic E-state index is 12.8. The number of carbonyl (C=O) groups is 1. The number of para-hydroxylation sites is 1. The molecule has 2 heterocycles. The fraction of sp³-hybridized carbons (Fsp3) is 0.364. The monoisotopic (exact) mass is 395 g/mol. The van der Waals surface area contributed by atoms with E-state index < -0.39 is 5.54 Å². The van der Waals surface area contributed by atoms with Crippen molar-refractivity contribution in [3.63, 3.8) is 0 Å². The van der Waals surface area contributed by atoms with Gasteiger partial charge in [-0.15, -0.1) is 11.3 Å². The quantitative estimate of drug-likeness (QED) is 0.647. The third-order valence-electron chi connectivity index (χ3n) is 5.31. The van der Waals surface area contributed by atoms with Crippen molar-refractivity contribution in [2.24, 2.45) is 0 Å². The number of hydrogen-bond donors (Lipinski definition) is 1. The Bertz CT molecular complexity index is 910. The highest BCUT2D eigenvalue weighted by Crippen LogP contribution is 2.27. The molecular formula is C22H25N3O2S. The normalized spacial score (nSPS) is 20.3. The summed E-state index contributed by atoms with van der Waals surface area (Å²) in [6.07, 6.45) is 1.73. The first-order chi connectivity index (χ1) is 13.7. The van der Waals surface area contributed by atoms with Crippen LogP contribution in [0.2, 0.25) is 0 Å². The van der Waals surface area contributed by atoms with Gasteiger partial charge < -0.3 is 4.74 Å². The molecule has 5 nitrogen and oxygen atoms in total. The molecule has 2 aromatic carbocycles. The Kier molecular flexibility index (Phi) is 5.71. The van der Waals surface area contributed by atoms with Crippen LogP contribution in [0, 0.1) is 0 Å². The van der Waals surface area contributed by atoms with Gasteiger partial charge in [0.15, 0.2) is 0 Å². The second-order valence-electron chi connectivity index (χ2n) is 7.30. The molecular weight excluding hydrogens is 370 g/mol. The van der Waals surface area contributed by atoms with Gasteiger partial charge in [-0.05, 0) is 37.1 Å². The number of hydrogen-bond acceptors (Lipinski definition) is 6. The molecule has 1 atom stereocenters. The van der Waals surface area contributed by atoms with Gasteiger partial charge >= 0.3 is 5.97 Å². The van der Waals surface area contributed by atoms with E-state index in [-0.39, 0.29) is 5.97 Å². The molecule has 1 N–H and O–H groups in total. The van der Waals surface area contributed by atoms with Crippen LogP contribution in [0.15, 0.2) is 54.6 Å². The Hall–Kier alpha value is -2.28. The first-order valence-corrected chi connectivity index (χ1v) is 10.4. The van der Waals surface area contributed by atoms with Crippen molar-refractivity contribution in [2.75, 3.05) is 20.2 Å². The van der Waals surface area contributed by atoms with Crippen molar-refractivity contribution < 1.29 is 9.53 Å². The van der Waals surface area contributed by atoms with E-state index in [1.54, 1.807) is 11.3 Å². The van der Waals surface area contributed by atoms with Crippen molar-refractivity contribution in [3.05, 3.63) is 65.2 Å². The lowest BCUT2D eigenvalue weighted by atomic mass is 9.88. The topological polar surface area (TPSA) is 54.5 Å². The molecule has 4 rings (SSSR count). The van der Waals surface area contributed by atoms with Crippen LogP contribution in [-0.2, 0) is 22.6 Å². The number of fused-ring (bicyclic) bond motifs is 1. The number of rotatable bonds is 6. The molecule has 6 heteroatoms. The maximum absolute atomic E-state index is 12.8. The Morgan fingerprint density at radius 2 is 2.00 bits per heavy atom. The van der Waals surface area contributed by atoms with Gasteiger partial charge in [-0.1, -0.05) is 42.5 Å². The number of methoxy groups -OCH3 is 1. The van der Waals surface area contributed by atoms with Crippen molar-refractivity contribution in [3.8, 4) is 0 Å². The van der Waals surface area contributed by atoms with Crippen LogP contribution in [0.5, 0.6) is 0 Å². The van der Waals surface area contributed by atoms with Gasteiger partial charge in [-0.3, -0.25) is 15.0 Å². The Labute approximate surface area is 169 Å². The molecule has 1 fully saturated rings. The van der Waals surface area contributed by atoms with Crippen LogP contribution in [0.4, 0.5) is 0 Å². The van der Waals surface area contributed by atoms with Gasteiger partial charge in [0, 0.05) is 19.6 Å². The van der Waals surface area contributed by atoms with Crippen LogP contribution in [0.25, 0.3) is 10.2 Å². The molecule has 146 valence electrons. The summed E-state index contributed by atoms with van der Waals surface area (Å²) in [6, 6.07) is 18.5. The summed E-state index contributed by atoms with van der Waals surface area (Å²) >= 11 is 1.67. The van der Waals surface area contributed by atoms with E-state index in [1.165, 1.54) is 17.4 Å². The number of nitrogens with one attached hydrogen (secondary N) is 1. The van der Waals surface area contributed by atoms with Crippen molar-refractivity contribution in [1.29, 1.82) is 0 Å². The molecule has 1 aliphatic heterocycles. The first-order valence-electron chi connectivity index (χ1n) is 9.63. The molecule has 0 amide bonds. The van der Waals surface area contributed by atoms with E-state index in [2.05, 4.69) is 40.5 Å². The van der Waals surface area contributed by atoms with Crippen LogP contribution in [-0.4, -0.2) is 41.6 Å². The summed E-state index contributed by atoms with van der Waals surface area (Å²) in [6.45, 7) is 3.02. The first kappa shape index (κ1) is 19.1. The fourth-order valence-corrected chi connectivity index (χ4v) is 4.85. The second kappa shape index (κ2) is 8.39. The number of likely N-dealkylation sites (tertiary alicyclic amines) is 1. The zero-order valence-corrected chi connectivity index (χ0v) is 16.9. The summed E-state index contributed by atoms with van der Waals surface area (Å²) < 4.78 is 6.36. The average molecular weight is 396 g/mol. The van der Waals surface area contributed by atoms with E-state index in [0.29, 0.717) is 13.1 Å². The third-order valence-corrected chi connectivity index (χ3v) is 6.35. The van der Waals surface area contributed by atoms with E-state index in [1.807, 2.05) is 24.3 Å². The highest BCUT2D eigenvalue weighted by Gasteiger charge is 2.43. The van der Waals surface area contributed by atoms with Gasteiger partial charge in [0.2, 0.25) is 0 Å². The second-order valence-corrected chi connectivity index (χ2v) is 8.42. The lowest BCUT2D eigenvalue weighted by Crippen LogP contribution is -2.61. The predicted molar refractivity (Wildman–Crippen MR) is 112 cm³/mol. The lowest BCUT2D eigenvalue weighted by Gasteiger charge is -2.41. The molecule has 0 aliphatic carbocycles. The zero-order chi connectivity index (χ0) is 19.4. The minimum Gasteiger partial charge on any atom is -0.468 e. The molecule has 0 spiro atoms. The summed E-state index contributed by atoms with van der Waals surface area (Å²) in [5, 5.41) is 4.50. The summed E-state index contributed by atoms with van der Waals surface area (Å²) in [5.41, 5.74) is 1.57. The molecule has 1 aliphatic rings. The van der Waals surface area contributed by atoms with E-state index >= 15 is 0 Å². The molecule has 0 saturated carbocycles. The summed E-state index contributed by atoms with van der Waals surface area (Å²) in [7, 11) is 1.47. The smallest absolute Gasteiger partial charge is 0.327 e. The number of nitrogens with zero attached hydrogens (tertiary/aromatic N) is 2. The molecule has 1 aromatic heterocycles. The summed E-state index contributed by atoms with van der Waals surface area (Å²) in [5.74, 6) is -0.189. The molecule has 0 radical (unpaired) electrons. The van der Waals surface area contributed by atoms with Gasteiger partial charge in [0.05, 0.1) is 17.3 Å². The largest absolute Gasteiger partial charge is 0.468 e. The average Bonchev–Trinajstić information content (AvgIpc) is 3.16. The van der Waals surface area contributed by atoms with Crippen molar-refractivity contribution >= 4 is 27.5 Å². The molecule has 1 saturated heterocycles. The number of ether oxygens (including phenoxy) is 1. The van der Waals surface area contributed by atoms with Crippen LogP contribution < -0.4 is 5.32 Å². The van der Waals surface area contributed by atoms with Crippen molar-refractivity contribution in [2.45, 2.75) is 31.5 Å². The van der Waals surface area contributed by atoms with Crippen LogP contribution in [0.3, 0.4) is 0 Å². The Morgan fingerprint density at radius 3 is 2.79 bits per heavy atom. The third kappa shape index (κ3) is 4.09. The number of carbonyl (C=O) groups excluding carboxylic acids is 1. The zero-order valence-electron chi connectivity index (χ0n) is 16.1. The standard InChI is InChI=1S/C22H25N3O2S/c1-27-21(26)22(23-14-20-24-18-10-5-6-11-19(18)28-20)12-7-13-25(16-22)15-17-8-3-2-4-9-17/h2-6,8-11,23H,7,12-16H2,1H3/t22-/m1/s1.